The van der Waals surface area contributed by atoms with Crippen LogP contribution in [-0.4, -0.2) is 12.6 Å². The third-order valence-corrected chi connectivity index (χ3v) is 5.34. The molecule has 0 atom stereocenters. The minimum absolute atomic E-state index is 0.587. The summed E-state index contributed by atoms with van der Waals surface area (Å²) in [6.45, 7) is 0. The van der Waals surface area contributed by atoms with Gasteiger partial charge in [-0.05, 0) is 41.0 Å². The highest BCUT2D eigenvalue weighted by Crippen LogP contribution is 2.48. The van der Waals surface area contributed by atoms with E-state index in [2.05, 4.69) is 10.6 Å². The van der Waals surface area contributed by atoms with E-state index in [1.165, 1.54) is 0 Å². The Morgan fingerprint density at radius 2 is 1.30 bits per heavy atom. The van der Waals surface area contributed by atoms with Gasteiger partial charge >= 0.3 is 0 Å². The van der Waals surface area contributed by atoms with E-state index < -0.39 is 0 Å². The summed E-state index contributed by atoms with van der Waals surface area (Å²) in [6.07, 6.45) is 1.74. The predicted molar refractivity (Wildman–Crippen MR) is 121 cm³/mol. The van der Waals surface area contributed by atoms with E-state index in [-0.39, 0.29) is 0 Å². The van der Waals surface area contributed by atoms with Crippen molar-refractivity contribution in [3.8, 4) is 22.3 Å². The van der Waals surface area contributed by atoms with Crippen LogP contribution in [0.3, 0.4) is 0 Å². The number of carbonyl (C=O) groups excluding carboxylic acids is 2. The largest absolute Gasteiger partial charge is 0.352 e. The Hall–Kier alpha value is -4.18. The van der Waals surface area contributed by atoms with E-state index in [0.717, 1.165) is 57.6 Å². The van der Waals surface area contributed by atoms with E-state index in [9.17, 15) is 9.59 Å². The first-order valence-electron chi connectivity index (χ1n) is 9.69. The first-order chi connectivity index (χ1) is 14.8. The molecule has 144 valence electrons. The number of nitrogens with one attached hydrogen (secondary N) is 2. The third-order valence-electron chi connectivity index (χ3n) is 5.34. The topological polar surface area (TPSA) is 58.2 Å². The lowest BCUT2D eigenvalue weighted by molar-refractivity contribution is 0.111. The standard InChI is InChI=1S/C26H18N2O2/c29-15-17-11-12-22-23(13-17)28-26-24(27-22)14-20(18-7-3-1-4-8-18)21(16-30)25(26)19-9-5-2-6-10-19/h1-16,27-28H. The number of fused-ring (bicyclic) bond motifs is 2. The molecular weight excluding hydrogens is 372 g/mol. The van der Waals surface area contributed by atoms with Gasteiger partial charge in [-0.3, -0.25) is 9.59 Å². The van der Waals surface area contributed by atoms with Crippen LogP contribution in [0.15, 0.2) is 84.9 Å². The van der Waals surface area contributed by atoms with Crippen LogP contribution in [-0.2, 0) is 0 Å². The minimum Gasteiger partial charge on any atom is -0.352 e. The molecule has 0 unspecified atom stereocenters. The van der Waals surface area contributed by atoms with Crippen LogP contribution in [0, 0.1) is 0 Å². The maximum absolute atomic E-state index is 12.3. The van der Waals surface area contributed by atoms with E-state index in [1.807, 2.05) is 72.8 Å². The fourth-order valence-electron chi connectivity index (χ4n) is 3.94. The number of hydrogen-bond acceptors (Lipinski definition) is 4. The van der Waals surface area contributed by atoms with Crippen LogP contribution in [0.2, 0.25) is 0 Å². The first-order valence-corrected chi connectivity index (χ1v) is 9.69. The zero-order valence-electron chi connectivity index (χ0n) is 16.1. The number of rotatable bonds is 4. The molecule has 0 radical (unpaired) electrons. The highest BCUT2D eigenvalue weighted by molar-refractivity contribution is 6.08. The van der Waals surface area contributed by atoms with Crippen molar-refractivity contribution in [1.29, 1.82) is 0 Å². The van der Waals surface area contributed by atoms with Crippen molar-refractivity contribution in [2.75, 3.05) is 10.6 Å². The van der Waals surface area contributed by atoms with Crippen LogP contribution in [0.25, 0.3) is 22.3 Å². The van der Waals surface area contributed by atoms with Gasteiger partial charge < -0.3 is 10.6 Å². The number of hydrogen-bond donors (Lipinski definition) is 2. The molecule has 4 aromatic rings. The normalized spacial score (nSPS) is 11.5. The van der Waals surface area contributed by atoms with E-state index >= 15 is 0 Å². The van der Waals surface area contributed by atoms with Gasteiger partial charge in [0.05, 0.1) is 22.7 Å². The molecule has 0 amide bonds. The summed E-state index contributed by atoms with van der Waals surface area (Å²) in [7, 11) is 0. The fourth-order valence-corrected chi connectivity index (χ4v) is 3.94. The molecule has 4 heteroatoms. The maximum Gasteiger partial charge on any atom is 0.151 e. The second-order valence-corrected chi connectivity index (χ2v) is 7.16. The van der Waals surface area contributed by atoms with Gasteiger partial charge in [0, 0.05) is 16.7 Å². The Labute approximate surface area is 174 Å². The molecule has 4 aromatic carbocycles. The Balaban J connectivity index is 1.80. The molecule has 30 heavy (non-hydrogen) atoms. The molecule has 1 heterocycles. The van der Waals surface area contributed by atoms with Gasteiger partial charge in [0.25, 0.3) is 0 Å². The summed E-state index contributed by atoms with van der Waals surface area (Å²) in [4.78, 5) is 23.6. The summed E-state index contributed by atoms with van der Waals surface area (Å²) in [6, 6.07) is 27.2. The van der Waals surface area contributed by atoms with Crippen molar-refractivity contribution in [2.45, 2.75) is 0 Å². The van der Waals surface area contributed by atoms with E-state index in [0.29, 0.717) is 11.1 Å². The van der Waals surface area contributed by atoms with Crippen molar-refractivity contribution >= 4 is 35.3 Å². The SMILES string of the molecule is O=Cc1ccc2c(c1)Nc1c(cc(-c3ccccc3)c(C=O)c1-c1ccccc1)N2. The zero-order chi connectivity index (χ0) is 20.5. The fraction of sp³-hybridized carbons (Fsp3) is 0. The highest BCUT2D eigenvalue weighted by atomic mass is 16.1. The number of anilines is 4. The van der Waals surface area contributed by atoms with Crippen molar-refractivity contribution in [2.24, 2.45) is 0 Å². The molecule has 0 fully saturated rings. The lowest BCUT2D eigenvalue weighted by Gasteiger charge is -2.28. The van der Waals surface area contributed by atoms with Gasteiger partial charge in [-0.25, -0.2) is 0 Å². The molecule has 0 aliphatic carbocycles. The Bertz CT molecular complexity index is 1270. The number of aldehydes is 2. The van der Waals surface area contributed by atoms with Crippen molar-refractivity contribution in [3.63, 3.8) is 0 Å². The smallest absolute Gasteiger partial charge is 0.151 e. The molecule has 0 saturated heterocycles. The first kappa shape index (κ1) is 17.9. The molecule has 0 aromatic heterocycles. The van der Waals surface area contributed by atoms with Crippen LogP contribution in [0.1, 0.15) is 20.7 Å². The molecule has 1 aliphatic rings. The van der Waals surface area contributed by atoms with E-state index in [1.54, 1.807) is 12.1 Å². The molecule has 2 N–H and O–H groups in total. The summed E-state index contributed by atoms with van der Waals surface area (Å²) in [5, 5.41) is 6.92. The quantitative estimate of drug-likeness (QED) is 0.346. The molecular formula is C26H18N2O2. The lowest BCUT2D eigenvalue weighted by atomic mass is 9.89. The van der Waals surface area contributed by atoms with Gasteiger partial charge in [0.15, 0.2) is 6.29 Å². The molecule has 0 spiro atoms. The molecule has 0 bridgehead atoms. The molecule has 0 saturated carbocycles. The minimum atomic E-state index is 0.587. The van der Waals surface area contributed by atoms with Crippen LogP contribution in [0.4, 0.5) is 22.7 Å². The van der Waals surface area contributed by atoms with Crippen LogP contribution >= 0.6 is 0 Å². The average Bonchev–Trinajstić information content (AvgIpc) is 2.82. The van der Waals surface area contributed by atoms with Gasteiger partial charge in [-0.1, -0.05) is 60.7 Å². The van der Waals surface area contributed by atoms with Gasteiger partial charge in [0.2, 0.25) is 0 Å². The van der Waals surface area contributed by atoms with Gasteiger partial charge in [-0.15, -0.1) is 0 Å². The number of carbonyl (C=O) groups is 2. The predicted octanol–water partition coefficient (Wildman–Crippen LogP) is 6.45. The van der Waals surface area contributed by atoms with Crippen molar-refractivity contribution in [1.82, 2.24) is 0 Å². The summed E-state index contributed by atoms with van der Waals surface area (Å²) >= 11 is 0. The maximum atomic E-state index is 12.3. The van der Waals surface area contributed by atoms with Crippen LogP contribution < -0.4 is 10.6 Å². The highest BCUT2D eigenvalue weighted by Gasteiger charge is 2.24. The van der Waals surface area contributed by atoms with Gasteiger partial charge in [0.1, 0.15) is 6.29 Å². The summed E-state index contributed by atoms with van der Waals surface area (Å²) < 4.78 is 0. The number of benzene rings is 4. The summed E-state index contributed by atoms with van der Waals surface area (Å²) in [5.41, 5.74) is 8.20. The van der Waals surface area contributed by atoms with E-state index in [4.69, 9.17) is 0 Å². The van der Waals surface area contributed by atoms with Crippen LogP contribution in [0.5, 0.6) is 0 Å². The zero-order valence-corrected chi connectivity index (χ0v) is 16.1. The molecule has 4 nitrogen and oxygen atoms in total. The lowest BCUT2D eigenvalue weighted by Crippen LogP contribution is -2.10. The molecule has 5 rings (SSSR count). The average molecular weight is 390 g/mol. The molecule has 1 aliphatic heterocycles. The summed E-state index contributed by atoms with van der Waals surface area (Å²) in [5.74, 6) is 0. The Kier molecular flexibility index (Phi) is 4.37. The second-order valence-electron chi connectivity index (χ2n) is 7.16. The monoisotopic (exact) mass is 390 g/mol. The third kappa shape index (κ3) is 2.95. The Morgan fingerprint density at radius 3 is 1.97 bits per heavy atom. The van der Waals surface area contributed by atoms with Crippen molar-refractivity contribution < 1.29 is 9.59 Å². The second kappa shape index (κ2) is 7.33. The van der Waals surface area contributed by atoms with Gasteiger partial charge in [-0.2, -0.15) is 0 Å². The van der Waals surface area contributed by atoms with Crippen molar-refractivity contribution in [3.05, 3.63) is 96.1 Å². The Morgan fingerprint density at radius 1 is 0.600 bits per heavy atom.